The first kappa shape index (κ1) is 13.1. The van der Waals surface area contributed by atoms with E-state index in [1.54, 1.807) is 0 Å². The fourth-order valence-electron chi connectivity index (χ4n) is 0.728. The zero-order valence-corrected chi connectivity index (χ0v) is 10.5. The summed E-state index contributed by atoms with van der Waals surface area (Å²) in [5.41, 5.74) is -0.600. The molecule has 0 amide bonds. The van der Waals surface area contributed by atoms with Gasteiger partial charge >= 0.3 is 58.4 Å². The van der Waals surface area contributed by atoms with Crippen LogP contribution in [0.2, 0.25) is 0 Å². The van der Waals surface area contributed by atoms with Crippen molar-refractivity contribution in [1.82, 2.24) is 0 Å². The fourth-order valence-corrected chi connectivity index (χ4v) is 0.964. The van der Waals surface area contributed by atoms with E-state index in [9.17, 15) is 12.9 Å². The molecule has 1 aromatic rings. The Morgan fingerprint density at radius 1 is 1.17 bits per heavy atom. The summed E-state index contributed by atoms with van der Waals surface area (Å²) in [6.45, 7) is -4.87. The summed E-state index contributed by atoms with van der Waals surface area (Å²) >= 11 is 3.80. The van der Waals surface area contributed by atoms with E-state index in [0.717, 1.165) is 12.1 Å². The van der Waals surface area contributed by atoms with Gasteiger partial charge in [-0.3, -0.25) is 0 Å². The maximum Gasteiger partial charge on any atom is 1.00 e. The summed E-state index contributed by atoms with van der Waals surface area (Å²) in [6, 6.07) is 4.91. The van der Waals surface area contributed by atoms with Crippen LogP contribution < -0.4 is 56.8 Å². The summed E-state index contributed by atoms with van der Waals surface area (Å²) in [5.74, 6) is 0. The van der Waals surface area contributed by atoms with E-state index in [4.69, 9.17) is 0 Å². The first-order chi connectivity index (χ1) is 5.00. The van der Waals surface area contributed by atoms with Gasteiger partial charge in [0.15, 0.2) is 0 Å². The summed E-state index contributed by atoms with van der Waals surface area (Å²) in [7, 11) is 0. The third-order valence-electron chi connectivity index (χ3n) is 1.25. The van der Waals surface area contributed by atoms with Gasteiger partial charge in [0.05, 0.1) is 0 Å². The summed E-state index contributed by atoms with van der Waals surface area (Å²) in [5, 5.41) is 0. The molecule has 6 heteroatoms. The van der Waals surface area contributed by atoms with Gasteiger partial charge in [0, 0.05) is 4.90 Å². The van der Waals surface area contributed by atoms with Crippen molar-refractivity contribution in [2.75, 3.05) is 0 Å². The third-order valence-corrected chi connectivity index (χ3v) is 1.53. The molecule has 0 nitrogen and oxygen atoms in total. The molecule has 60 valence electrons. The van der Waals surface area contributed by atoms with Gasteiger partial charge in [-0.05, 0) is 6.07 Å². The molecule has 0 saturated heterocycles. The van der Waals surface area contributed by atoms with Gasteiger partial charge < -0.3 is 12.9 Å². The molecule has 12 heavy (non-hydrogen) atoms. The van der Waals surface area contributed by atoms with Crippen LogP contribution in [0, 0.1) is 0 Å². The van der Waals surface area contributed by atoms with Crippen molar-refractivity contribution in [1.29, 1.82) is 0 Å². The smallest absolute Gasteiger partial charge is 0.445 e. The average Bonchev–Trinajstić information content (AvgIpc) is 1.86. The van der Waals surface area contributed by atoms with Crippen LogP contribution in [0.15, 0.2) is 29.2 Å². The summed E-state index contributed by atoms with van der Waals surface area (Å²) < 4.78 is 36.0. The van der Waals surface area contributed by atoms with Crippen LogP contribution in [-0.4, -0.2) is 6.98 Å². The molecule has 1 rings (SSSR count). The second kappa shape index (κ2) is 5.07. The van der Waals surface area contributed by atoms with Crippen molar-refractivity contribution in [3.05, 3.63) is 24.3 Å². The number of hydrogen-bond acceptors (Lipinski definition) is 1. The van der Waals surface area contributed by atoms with Gasteiger partial charge in [-0.2, -0.15) is 0 Å². The normalized spacial score (nSPS) is 10.7. The summed E-state index contributed by atoms with van der Waals surface area (Å²) in [4.78, 5) is 0.335. The Kier molecular flexibility index (Phi) is 5.52. The van der Waals surface area contributed by atoms with E-state index in [1.165, 1.54) is 12.1 Å². The quantitative estimate of drug-likeness (QED) is 0.453. The van der Waals surface area contributed by atoms with Crippen molar-refractivity contribution < 1.29 is 64.3 Å². The van der Waals surface area contributed by atoms with Crippen LogP contribution in [0.5, 0.6) is 0 Å². The van der Waals surface area contributed by atoms with Crippen LogP contribution in [-0.2, 0) is 0 Å². The van der Waals surface area contributed by atoms with E-state index in [0.29, 0.717) is 4.90 Å². The molecule has 0 fully saturated rings. The Bertz CT molecular complexity index is 263. The second-order valence-electron chi connectivity index (χ2n) is 2.17. The molecule has 1 aromatic carbocycles. The fraction of sp³-hybridized carbons (Fsp3) is 0. The zero-order chi connectivity index (χ0) is 8.48. The Morgan fingerprint density at radius 2 is 1.75 bits per heavy atom. The van der Waals surface area contributed by atoms with Gasteiger partial charge in [-0.15, -0.1) is 18.1 Å². The topological polar surface area (TPSA) is 0 Å². The maximum absolute atomic E-state index is 12.0. The number of benzene rings is 1. The molecule has 0 aliphatic rings. The van der Waals surface area contributed by atoms with Gasteiger partial charge in [0.2, 0.25) is 0 Å². The Hall–Kier alpha value is 1.06. The van der Waals surface area contributed by atoms with Gasteiger partial charge in [-0.25, -0.2) is 0 Å². The van der Waals surface area contributed by atoms with Crippen molar-refractivity contribution in [2.24, 2.45) is 0 Å². The van der Waals surface area contributed by atoms with Gasteiger partial charge in [0.1, 0.15) is 0 Å². The Balaban J connectivity index is 0.00000121. The zero-order valence-electron chi connectivity index (χ0n) is 6.47. The van der Waals surface area contributed by atoms with Crippen LogP contribution in [0.3, 0.4) is 0 Å². The molecule has 0 N–H and O–H groups in total. The Morgan fingerprint density at radius 3 is 2.08 bits per heavy atom. The van der Waals surface area contributed by atoms with Crippen LogP contribution in [0.4, 0.5) is 12.9 Å². The molecule has 0 atom stereocenters. The van der Waals surface area contributed by atoms with E-state index in [1.807, 2.05) is 0 Å². The molecule has 0 unspecified atom stereocenters. The molecular weight excluding hydrogens is 211 g/mol. The maximum atomic E-state index is 12.0. The molecule has 0 heterocycles. The molecular formula is C6H5BF3KS. The molecule has 0 bridgehead atoms. The summed E-state index contributed by atoms with van der Waals surface area (Å²) in [6.07, 6.45) is 0. The van der Waals surface area contributed by atoms with Crippen molar-refractivity contribution in [3.63, 3.8) is 0 Å². The van der Waals surface area contributed by atoms with Crippen molar-refractivity contribution >= 4 is 25.1 Å². The predicted octanol–water partition coefficient (Wildman–Crippen LogP) is -0.966. The molecule has 0 saturated carbocycles. The number of halogens is 3. The van der Waals surface area contributed by atoms with Crippen LogP contribution >= 0.6 is 12.6 Å². The number of rotatable bonds is 1. The predicted molar refractivity (Wildman–Crippen MR) is 42.4 cm³/mol. The molecule has 0 aromatic heterocycles. The Labute approximate surface area is 117 Å². The van der Waals surface area contributed by atoms with E-state index in [-0.39, 0.29) is 51.4 Å². The van der Waals surface area contributed by atoms with E-state index < -0.39 is 12.4 Å². The standard InChI is InChI=1S/C6H5BF3S.K/c8-7(9,10)5-2-1-3-6(11)4-5;/h1-4,11H;/q-1;+1. The average molecular weight is 216 g/mol. The molecule has 0 aliphatic carbocycles. The van der Waals surface area contributed by atoms with Crippen LogP contribution in [0.25, 0.3) is 0 Å². The van der Waals surface area contributed by atoms with E-state index >= 15 is 0 Å². The molecule has 0 aliphatic heterocycles. The van der Waals surface area contributed by atoms with E-state index in [2.05, 4.69) is 12.6 Å². The monoisotopic (exact) mass is 216 g/mol. The van der Waals surface area contributed by atoms with Gasteiger partial charge in [0.25, 0.3) is 0 Å². The largest absolute Gasteiger partial charge is 1.00 e. The first-order valence-corrected chi connectivity index (χ1v) is 3.44. The number of thiol groups is 1. The van der Waals surface area contributed by atoms with Crippen molar-refractivity contribution in [3.8, 4) is 0 Å². The minimum Gasteiger partial charge on any atom is -0.445 e. The first-order valence-electron chi connectivity index (χ1n) is 2.99. The molecule has 0 radical (unpaired) electrons. The molecule has 0 spiro atoms. The van der Waals surface area contributed by atoms with Crippen molar-refractivity contribution in [2.45, 2.75) is 4.90 Å². The minimum atomic E-state index is -4.87. The SMILES string of the molecule is F[B-](F)(F)c1cccc(S)c1.[K+]. The second-order valence-corrected chi connectivity index (χ2v) is 2.69. The van der Waals surface area contributed by atoms with Crippen LogP contribution in [0.1, 0.15) is 0 Å². The number of hydrogen-bond donors (Lipinski definition) is 1. The van der Waals surface area contributed by atoms with Gasteiger partial charge in [-0.1, -0.05) is 18.2 Å². The third kappa shape index (κ3) is 3.85. The minimum absolute atomic E-state index is 0.